The third-order valence-corrected chi connectivity index (χ3v) is 2.01. The fraction of sp³-hybridized carbons (Fsp3) is 0.400. The third-order valence-electron chi connectivity index (χ3n) is 2.01. The van der Waals surface area contributed by atoms with Gasteiger partial charge in [0.05, 0.1) is 7.11 Å². The summed E-state index contributed by atoms with van der Waals surface area (Å²) < 4.78 is 5.14. The summed E-state index contributed by atoms with van der Waals surface area (Å²) >= 11 is 0. The number of hydrogen-bond acceptors (Lipinski definition) is 3. The van der Waals surface area contributed by atoms with Gasteiger partial charge in [0.25, 0.3) is 0 Å². The summed E-state index contributed by atoms with van der Waals surface area (Å²) in [4.78, 5) is 9.88. The van der Waals surface area contributed by atoms with Crippen molar-refractivity contribution in [2.45, 2.75) is 13.3 Å². The fourth-order valence-electron chi connectivity index (χ4n) is 1.27. The SMILES string of the molecule is COc1cc(C)ccc1CC[N+](=O)[O-]. The van der Waals surface area contributed by atoms with Crippen LogP contribution in [-0.4, -0.2) is 18.6 Å². The van der Waals surface area contributed by atoms with Crippen LogP contribution in [0.2, 0.25) is 0 Å². The maximum Gasteiger partial charge on any atom is 0.208 e. The Bertz CT molecular complexity index is 336. The monoisotopic (exact) mass is 195 g/mol. The van der Waals surface area contributed by atoms with E-state index in [0.717, 1.165) is 16.9 Å². The zero-order chi connectivity index (χ0) is 10.6. The molecular formula is C10H13NO3. The normalized spacial score (nSPS) is 9.86. The van der Waals surface area contributed by atoms with Gasteiger partial charge in [-0.1, -0.05) is 12.1 Å². The Balaban J connectivity index is 2.80. The number of nitro groups is 1. The van der Waals surface area contributed by atoms with E-state index in [4.69, 9.17) is 4.74 Å². The molecule has 0 fully saturated rings. The summed E-state index contributed by atoms with van der Waals surface area (Å²) in [5, 5.41) is 10.2. The Hall–Kier alpha value is -1.58. The molecule has 1 rings (SSSR count). The first-order valence-corrected chi connectivity index (χ1v) is 4.39. The van der Waals surface area contributed by atoms with Crippen molar-refractivity contribution in [2.24, 2.45) is 0 Å². The fourth-order valence-corrected chi connectivity index (χ4v) is 1.27. The van der Waals surface area contributed by atoms with E-state index >= 15 is 0 Å². The zero-order valence-electron chi connectivity index (χ0n) is 8.32. The summed E-state index contributed by atoms with van der Waals surface area (Å²) in [6.45, 7) is 1.90. The summed E-state index contributed by atoms with van der Waals surface area (Å²) in [5.41, 5.74) is 1.97. The lowest BCUT2D eigenvalue weighted by Gasteiger charge is -2.07. The smallest absolute Gasteiger partial charge is 0.208 e. The molecule has 0 aliphatic rings. The Morgan fingerprint density at radius 2 is 2.21 bits per heavy atom. The molecular weight excluding hydrogens is 182 g/mol. The van der Waals surface area contributed by atoms with Crippen molar-refractivity contribution in [1.29, 1.82) is 0 Å². The summed E-state index contributed by atoms with van der Waals surface area (Å²) in [7, 11) is 1.57. The van der Waals surface area contributed by atoms with Crippen molar-refractivity contribution in [2.75, 3.05) is 13.7 Å². The predicted octanol–water partition coefficient (Wildman–Crippen LogP) is 1.82. The van der Waals surface area contributed by atoms with Gasteiger partial charge in [-0.15, -0.1) is 0 Å². The molecule has 0 atom stereocenters. The molecule has 0 unspecified atom stereocenters. The molecule has 0 N–H and O–H groups in total. The van der Waals surface area contributed by atoms with E-state index in [9.17, 15) is 10.1 Å². The lowest BCUT2D eigenvalue weighted by molar-refractivity contribution is -0.479. The van der Waals surface area contributed by atoms with Gasteiger partial charge in [0.2, 0.25) is 6.54 Å². The van der Waals surface area contributed by atoms with E-state index in [1.54, 1.807) is 7.11 Å². The minimum atomic E-state index is -0.320. The first kappa shape index (κ1) is 10.5. The highest BCUT2D eigenvalue weighted by molar-refractivity contribution is 5.37. The number of ether oxygens (including phenoxy) is 1. The molecule has 14 heavy (non-hydrogen) atoms. The maximum atomic E-state index is 10.2. The zero-order valence-corrected chi connectivity index (χ0v) is 8.32. The number of rotatable bonds is 4. The van der Waals surface area contributed by atoms with Crippen LogP contribution in [0.5, 0.6) is 5.75 Å². The van der Waals surface area contributed by atoms with Gasteiger partial charge in [0, 0.05) is 16.9 Å². The first-order chi connectivity index (χ1) is 6.63. The maximum absolute atomic E-state index is 10.2. The molecule has 0 saturated carbocycles. The molecule has 0 heterocycles. The topological polar surface area (TPSA) is 52.4 Å². The van der Waals surface area contributed by atoms with Crippen molar-refractivity contribution in [3.05, 3.63) is 39.4 Å². The highest BCUT2D eigenvalue weighted by Crippen LogP contribution is 2.20. The Kier molecular flexibility index (Phi) is 3.45. The minimum absolute atomic E-state index is 0.0561. The molecule has 76 valence electrons. The highest BCUT2D eigenvalue weighted by Gasteiger charge is 2.06. The molecule has 0 aromatic heterocycles. The average molecular weight is 195 g/mol. The van der Waals surface area contributed by atoms with E-state index in [1.165, 1.54) is 0 Å². The molecule has 0 saturated heterocycles. The Labute approximate surface area is 82.7 Å². The number of methoxy groups -OCH3 is 1. The number of aryl methyl sites for hydroxylation is 1. The number of nitrogens with zero attached hydrogens (tertiary/aromatic N) is 1. The van der Waals surface area contributed by atoms with Gasteiger partial charge in [-0.05, 0) is 18.6 Å². The van der Waals surface area contributed by atoms with Crippen molar-refractivity contribution in [1.82, 2.24) is 0 Å². The molecule has 0 amide bonds. The summed E-state index contributed by atoms with van der Waals surface area (Å²) in [5.74, 6) is 0.729. The highest BCUT2D eigenvalue weighted by atomic mass is 16.6. The summed E-state index contributed by atoms with van der Waals surface area (Å²) in [6, 6.07) is 5.69. The lowest BCUT2D eigenvalue weighted by atomic mass is 10.1. The van der Waals surface area contributed by atoms with Gasteiger partial charge in [0.15, 0.2) is 0 Å². The number of benzene rings is 1. The molecule has 4 heteroatoms. The lowest BCUT2D eigenvalue weighted by Crippen LogP contribution is -2.05. The van der Waals surface area contributed by atoms with Crippen molar-refractivity contribution >= 4 is 0 Å². The van der Waals surface area contributed by atoms with Crippen LogP contribution in [0.25, 0.3) is 0 Å². The van der Waals surface area contributed by atoms with Crippen LogP contribution in [0, 0.1) is 17.0 Å². The van der Waals surface area contributed by atoms with Crippen LogP contribution in [0.4, 0.5) is 0 Å². The van der Waals surface area contributed by atoms with E-state index in [-0.39, 0.29) is 11.5 Å². The van der Waals surface area contributed by atoms with Crippen molar-refractivity contribution in [3.8, 4) is 5.75 Å². The van der Waals surface area contributed by atoms with E-state index in [0.29, 0.717) is 6.42 Å². The second-order valence-corrected chi connectivity index (χ2v) is 3.12. The molecule has 0 spiro atoms. The molecule has 1 aromatic carbocycles. The van der Waals surface area contributed by atoms with Crippen LogP contribution >= 0.6 is 0 Å². The van der Waals surface area contributed by atoms with Crippen LogP contribution in [-0.2, 0) is 6.42 Å². The van der Waals surface area contributed by atoms with E-state index in [2.05, 4.69) is 0 Å². The quantitative estimate of drug-likeness (QED) is 0.544. The molecule has 0 aliphatic heterocycles. The van der Waals surface area contributed by atoms with Gasteiger partial charge in [-0.25, -0.2) is 0 Å². The van der Waals surface area contributed by atoms with Gasteiger partial charge >= 0.3 is 0 Å². The second-order valence-electron chi connectivity index (χ2n) is 3.12. The third kappa shape index (κ3) is 2.73. The summed E-state index contributed by atoms with van der Waals surface area (Å²) in [6.07, 6.45) is 0.413. The van der Waals surface area contributed by atoms with Crippen molar-refractivity contribution < 1.29 is 9.66 Å². The standard InChI is InChI=1S/C10H13NO3/c1-8-3-4-9(5-6-11(12)13)10(7-8)14-2/h3-4,7H,5-6H2,1-2H3. The van der Waals surface area contributed by atoms with Gasteiger partial charge in [-0.2, -0.15) is 0 Å². The van der Waals surface area contributed by atoms with Crippen LogP contribution < -0.4 is 4.74 Å². The van der Waals surface area contributed by atoms with Gasteiger partial charge in [-0.3, -0.25) is 10.1 Å². The average Bonchev–Trinajstić information content (AvgIpc) is 2.15. The molecule has 0 aliphatic carbocycles. The largest absolute Gasteiger partial charge is 0.496 e. The van der Waals surface area contributed by atoms with Gasteiger partial charge < -0.3 is 4.74 Å². The molecule has 0 bridgehead atoms. The Morgan fingerprint density at radius 1 is 1.50 bits per heavy atom. The van der Waals surface area contributed by atoms with Crippen LogP contribution in [0.3, 0.4) is 0 Å². The molecule has 0 radical (unpaired) electrons. The second kappa shape index (κ2) is 4.60. The number of hydrogen-bond donors (Lipinski definition) is 0. The van der Waals surface area contributed by atoms with Crippen LogP contribution in [0.1, 0.15) is 11.1 Å². The Morgan fingerprint density at radius 3 is 2.79 bits per heavy atom. The first-order valence-electron chi connectivity index (χ1n) is 4.39. The minimum Gasteiger partial charge on any atom is -0.496 e. The van der Waals surface area contributed by atoms with Crippen LogP contribution in [0.15, 0.2) is 18.2 Å². The molecule has 4 nitrogen and oxygen atoms in total. The van der Waals surface area contributed by atoms with Gasteiger partial charge in [0.1, 0.15) is 5.75 Å². The van der Waals surface area contributed by atoms with E-state index < -0.39 is 0 Å². The predicted molar refractivity (Wildman–Crippen MR) is 53.3 cm³/mol. The van der Waals surface area contributed by atoms with Crippen molar-refractivity contribution in [3.63, 3.8) is 0 Å². The molecule has 1 aromatic rings. The van der Waals surface area contributed by atoms with E-state index in [1.807, 2.05) is 25.1 Å².